The zero-order valence-corrected chi connectivity index (χ0v) is 21.3. The fourth-order valence-corrected chi connectivity index (χ4v) is 8.23. The highest BCUT2D eigenvalue weighted by atomic mass is 16.3. The van der Waals surface area contributed by atoms with Crippen molar-refractivity contribution < 1.29 is 30.0 Å². The molecule has 6 nitrogen and oxygen atoms in total. The lowest BCUT2D eigenvalue weighted by Gasteiger charge is -2.45. The molecule has 0 amide bonds. The number of hydrogen-bond donors (Lipinski definition) is 4. The molecule has 0 radical (unpaired) electrons. The zero-order valence-electron chi connectivity index (χ0n) is 21.3. The van der Waals surface area contributed by atoms with Crippen molar-refractivity contribution in [3.8, 4) is 17.2 Å². The van der Waals surface area contributed by atoms with Crippen LogP contribution in [0.15, 0.2) is 0 Å². The maximum absolute atomic E-state index is 11.8. The predicted octanol–water partition coefficient (Wildman–Crippen LogP) is 5.41. The molecular weight excluding hydrogens is 432 g/mol. The molecule has 0 saturated heterocycles. The van der Waals surface area contributed by atoms with Crippen molar-refractivity contribution in [3.63, 3.8) is 0 Å². The number of fused-ring (bicyclic) bond motifs is 3. The van der Waals surface area contributed by atoms with E-state index in [1.807, 2.05) is 6.92 Å². The monoisotopic (exact) mass is 472 g/mol. The number of carbonyl (C=O) groups excluding carboxylic acids is 2. The summed E-state index contributed by atoms with van der Waals surface area (Å²) in [6.45, 7) is 12.9. The van der Waals surface area contributed by atoms with Gasteiger partial charge in [0.25, 0.3) is 0 Å². The summed E-state index contributed by atoms with van der Waals surface area (Å²) >= 11 is 0. The van der Waals surface area contributed by atoms with Gasteiger partial charge in [0.05, 0.1) is 16.7 Å². The van der Waals surface area contributed by atoms with Crippen LogP contribution in [0.5, 0.6) is 17.2 Å². The van der Waals surface area contributed by atoms with E-state index < -0.39 is 22.8 Å². The van der Waals surface area contributed by atoms with Crippen molar-refractivity contribution in [2.24, 2.45) is 40.4 Å². The van der Waals surface area contributed by atoms with Gasteiger partial charge in [-0.15, -0.1) is 0 Å². The second-order valence-corrected chi connectivity index (χ2v) is 12.7. The molecule has 3 aliphatic rings. The van der Waals surface area contributed by atoms with Gasteiger partial charge in [0.15, 0.2) is 12.6 Å². The minimum atomic E-state index is -0.782. The van der Waals surface area contributed by atoms with Gasteiger partial charge in [-0.2, -0.15) is 0 Å². The Morgan fingerprint density at radius 3 is 1.88 bits per heavy atom. The summed E-state index contributed by atoms with van der Waals surface area (Å²) in [5.74, 6) is -0.524. The molecule has 3 aliphatic carbocycles. The van der Waals surface area contributed by atoms with Crippen LogP contribution in [0.1, 0.15) is 106 Å². The first-order valence-corrected chi connectivity index (χ1v) is 12.7. The van der Waals surface area contributed by atoms with Gasteiger partial charge in [-0.3, -0.25) is 9.59 Å². The van der Waals surface area contributed by atoms with Gasteiger partial charge in [0, 0.05) is 5.56 Å². The Morgan fingerprint density at radius 2 is 1.38 bits per heavy atom. The lowest BCUT2D eigenvalue weighted by atomic mass is 9.59. The average Bonchev–Trinajstić information content (AvgIpc) is 3.13. The highest BCUT2D eigenvalue weighted by Crippen LogP contribution is 2.76. The summed E-state index contributed by atoms with van der Waals surface area (Å²) in [5.41, 5.74) is -1.55. The predicted molar refractivity (Wildman–Crippen MR) is 129 cm³/mol. The molecule has 3 saturated carbocycles. The molecule has 0 spiro atoms. The van der Waals surface area contributed by atoms with Gasteiger partial charge >= 0.3 is 0 Å². The first kappa shape index (κ1) is 25.0. The van der Waals surface area contributed by atoms with Gasteiger partial charge in [-0.25, -0.2) is 0 Å². The SMILES string of the molecule is CC(C)CC(c1c(O)c(C=O)c(O)c(C=O)c1O)[C@@]1(C)CC[C@@H]2[C@@H]1[C@H]1[C@@H](CC[C@@]2(C)O)C1(C)C. The van der Waals surface area contributed by atoms with Gasteiger partial charge in [0.1, 0.15) is 17.2 Å². The normalized spacial score (nSPS) is 36.9. The van der Waals surface area contributed by atoms with Gasteiger partial charge in [-0.1, -0.05) is 34.6 Å². The molecule has 0 aliphatic heterocycles. The summed E-state index contributed by atoms with van der Waals surface area (Å²) in [5, 5.41) is 44.1. The third-order valence-corrected chi connectivity index (χ3v) is 10.1. The number of carbonyl (C=O) groups is 2. The highest BCUT2D eigenvalue weighted by molar-refractivity contribution is 5.95. The topological polar surface area (TPSA) is 115 Å². The number of hydrogen-bond acceptors (Lipinski definition) is 6. The molecule has 0 aromatic heterocycles. The van der Waals surface area contributed by atoms with E-state index in [9.17, 15) is 30.0 Å². The molecule has 188 valence electrons. The molecule has 3 fully saturated rings. The van der Waals surface area contributed by atoms with Crippen LogP contribution >= 0.6 is 0 Å². The molecule has 6 heteroatoms. The van der Waals surface area contributed by atoms with Crippen molar-refractivity contribution in [2.75, 3.05) is 0 Å². The van der Waals surface area contributed by atoms with Gasteiger partial charge in [-0.05, 0) is 85.4 Å². The molecule has 34 heavy (non-hydrogen) atoms. The number of aldehydes is 2. The average molecular weight is 473 g/mol. The molecule has 1 aromatic rings. The van der Waals surface area contributed by atoms with E-state index in [1.165, 1.54) is 0 Å². The third kappa shape index (κ3) is 3.39. The molecule has 4 N–H and O–H groups in total. The van der Waals surface area contributed by atoms with Crippen LogP contribution in [0.25, 0.3) is 0 Å². The lowest BCUT2D eigenvalue weighted by molar-refractivity contribution is -0.0441. The summed E-state index contributed by atoms with van der Waals surface area (Å²) < 4.78 is 0. The number of aromatic hydroxyl groups is 3. The van der Waals surface area contributed by atoms with E-state index in [-0.39, 0.29) is 51.2 Å². The maximum Gasteiger partial charge on any atom is 0.157 e. The molecule has 7 atom stereocenters. The second-order valence-electron chi connectivity index (χ2n) is 12.7. The van der Waals surface area contributed by atoms with Crippen molar-refractivity contribution in [2.45, 2.75) is 85.2 Å². The number of phenols is 3. The van der Waals surface area contributed by atoms with E-state index in [0.29, 0.717) is 30.8 Å². The molecular formula is C28H40O6. The summed E-state index contributed by atoms with van der Waals surface area (Å²) in [7, 11) is 0. The third-order valence-electron chi connectivity index (χ3n) is 10.1. The maximum atomic E-state index is 11.8. The van der Waals surface area contributed by atoms with Crippen molar-refractivity contribution in [3.05, 3.63) is 16.7 Å². The summed E-state index contributed by atoms with van der Waals surface area (Å²) in [6.07, 6.45) is 4.71. The minimum absolute atomic E-state index is 0.0985. The Balaban J connectivity index is 1.94. The molecule has 1 unspecified atom stereocenters. The van der Waals surface area contributed by atoms with Crippen LogP contribution in [0, 0.1) is 40.4 Å². The van der Waals surface area contributed by atoms with Crippen LogP contribution in [0.4, 0.5) is 0 Å². The molecule has 0 heterocycles. The molecule has 0 bridgehead atoms. The van der Waals surface area contributed by atoms with Gasteiger partial charge in [0.2, 0.25) is 0 Å². The van der Waals surface area contributed by atoms with Crippen LogP contribution in [0.2, 0.25) is 0 Å². The smallest absolute Gasteiger partial charge is 0.157 e. The van der Waals surface area contributed by atoms with Crippen LogP contribution in [-0.2, 0) is 0 Å². The Labute approximate surface area is 202 Å². The van der Waals surface area contributed by atoms with Crippen molar-refractivity contribution in [1.82, 2.24) is 0 Å². The first-order chi connectivity index (χ1) is 15.7. The minimum Gasteiger partial charge on any atom is -0.507 e. The zero-order chi connectivity index (χ0) is 25.4. The number of aliphatic hydroxyl groups is 1. The summed E-state index contributed by atoms with van der Waals surface area (Å²) in [4.78, 5) is 23.6. The number of rotatable bonds is 6. The van der Waals surface area contributed by atoms with Crippen LogP contribution in [0.3, 0.4) is 0 Å². The fourth-order valence-electron chi connectivity index (χ4n) is 8.23. The quantitative estimate of drug-likeness (QED) is 0.412. The largest absolute Gasteiger partial charge is 0.507 e. The Hall–Kier alpha value is -2.08. The van der Waals surface area contributed by atoms with E-state index in [2.05, 4.69) is 34.6 Å². The molecule has 4 rings (SSSR count). The van der Waals surface area contributed by atoms with Gasteiger partial charge < -0.3 is 20.4 Å². The standard InChI is InChI=1S/C28H40O6/c1-14(2)11-19(20-24(32)15(12-29)23(31)16(13-30)25(20)33)27(5)9-7-18-22(27)21-17(26(21,3)4)8-10-28(18,6)34/h12-14,17-19,21-22,31-34H,7-11H2,1-6H3/t17-,18-,19?,21-,22-,27-,28-/m1/s1. The molecule has 1 aromatic carbocycles. The van der Waals surface area contributed by atoms with Crippen LogP contribution in [-0.4, -0.2) is 38.6 Å². The lowest BCUT2D eigenvalue weighted by Crippen LogP contribution is -2.42. The highest BCUT2D eigenvalue weighted by Gasteiger charge is 2.70. The Morgan fingerprint density at radius 1 is 0.853 bits per heavy atom. The van der Waals surface area contributed by atoms with Crippen LogP contribution < -0.4 is 0 Å². The van der Waals surface area contributed by atoms with E-state index in [0.717, 1.165) is 25.7 Å². The van der Waals surface area contributed by atoms with E-state index in [4.69, 9.17) is 0 Å². The fraction of sp³-hybridized carbons (Fsp3) is 0.714. The van der Waals surface area contributed by atoms with Crippen molar-refractivity contribution >= 4 is 12.6 Å². The number of phenolic OH excluding ortho intramolecular Hbond substituents is 3. The summed E-state index contributed by atoms with van der Waals surface area (Å²) in [6, 6.07) is 0. The van der Waals surface area contributed by atoms with E-state index >= 15 is 0 Å². The van der Waals surface area contributed by atoms with E-state index in [1.54, 1.807) is 0 Å². The first-order valence-electron chi connectivity index (χ1n) is 12.7. The Kier molecular flexibility index (Phi) is 5.87. The Bertz CT molecular complexity index is 974. The number of benzene rings is 1. The van der Waals surface area contributed by atoms with Crippen molar-refractivity contribution in [1.29, 1.82) is 0 Å². The second kappa shape index (κ2) is 7.97.